The second-order valence-electron chi connectivity index (χ2n) is 3.73. The third-order valence-electron chi connectivity index (χ3n) is 2.52. The topological polar surface area (TPSA) is 75.6 Å². The summed E-state index contributed by atoms with van der Waals surface area (Å²) in [6, 6.07) is 0. The quantitative estimate of drug-likeness (QED) is 0.563. The Labute approximate surface area is 85.0 Å². The molecule has 1 aliphatic rings. The molecule has 0 aromatic heterocycles. The Morgan fingerprint density at radius 3 is 2.21 bits per heavy atom. The Bertz CT molecular complexity index is 178. The van der Waals surface area contributed by atoms with Gasteiger partial charge in [-0.2, -0.15) is 0 Å². The van der Waals surface area contributed by atoms with Gasteiger partial charge in [-0.1, -0.05) is 0 Å². The summed E-state index contributed by atoms with van der Waals surface area (Å²) in [4.78, 5) is 15.1. The maximum absolute atomic E-state index is 10.7. The number of amides is 1. The minimum absolute atomic E-state index is 0.236. The summed E-state index contributed by atoms with van der Waals surface area (Å²) in [7, 11) is 0. The smallest absolute Gasteiger partial charge is 0.231 e. The Morgan fingerprint density at radius 2 is 1.71 bits per heavy atom. The molecule has 0 unspecified atom stereocenters. The maximum atomic E-state index is 10.7. The molecule has 0 aromatic rings. The fourth-order valence-corrected chi connectivity index (χ4v) is 1.71. The lowest BCUT2D eigenvalue weighted by Gasteiger charge is -2.33. The van der Waals surface area contributed by atoms with Crippen molar-refractivity contribution in [1.82, 2.24) is 9.80 Å². The molecule has 0 bridgehead atoms. The van der Waals surface area contributed by atoms with Crippen LogP contribution in [0.25, 0.3) is 0 Å². The van der Waals surface area contributed by atoms with E-state index in [2.05, 4.69) is 9.80 Å². The number of nitrogens with zero attached hydrogens (tertiary/aromatic N) is 2. The van der Waals surface area contributed by atoms with Gasteiger partial charge in [-0.25, -0.2) is 0 Å². The third kappa shape index (κ3) is 4.04. The van der Waals surface area contributed by atoms with E-state index in [1.54, 1.807) is 0 Å². The van der Waals surface area contributed by atoms with Gasteiger partial charge in [0.2, 0.25) is 5.91 Å². The van der Waals surface area contributed by atoms with Crippen LogP contribution in [0, 0.1) is 0 Å². The zero-order valence-corrected chi connectivity index (χ0v) is 8.61. The molecule has 0 saturated carbocycles. The standard InChI is InChI=1S/C9H20N4O/c10-2-1-3-12-4-6-13(7-5-12)8-9(11)14/h1-8,10H2,(H2,11,14). The van der Waals surface area contributed by atoms with Crippen molar-refractivity contribution in [2.45, 2.75) is 6.42 Å². The summed E-state index contributed by atoms with van der Waals surface area (Å²) in [5.41, 5.74) is 10.6. The first-order valence-corrected chi connectivity index (χ1v) is 5.15. The summed E-state index contributed by atoms with van der Waals surface area (Å²) >= 11 is 0. The van der Waals surface area contributed by atoms with Gasteiger partial charge in [0, 0.05) is 26.2 Å². The van der Waals surface area contributed by atoms with Crippen molar-refractivity contribution in [2.75, 3.05) is 45.8 Å². The van der Waals surface area contributed by atoms with Crippen LogP contribution in [0.3, 0.4) is 0 Å². The van der Waals surface area contributed by atoms with Crippen molar-refractivity contribution < 1.29 is 4.79 Å². The molecule has 5 heteroatoms. The molecule has 1 saturated heterocycles. The predicted octanol–water partition coefficient (Wildman–Crippen LogP) is -1.56. The molecule has 1 rings (SSSR count). The fraction of sp³-hybridized carbons (Fsp3) is 0.889. The van der Waals surface area contributed by atoms with E-state index < -0.39 is 0 Å². The van der Waals surface area contributed by atoms with Crippen LogP contribution in [-0.2, 0) is 4.79 Å². The minimum Gasteiger partial charge on any atom is -0.369 e. The van der Waals surface area contributed by atoms with Crippen molar-refractivity contribution >= 4 is 5.91 Å². The molecule has 1 fully saturated rings. The van der Waals surface area contributed by atoms with E-state index >= 15 is 0 Å². The van der Waals surface area contributed by atoms with Gasteiger partial charge >= 0.3 is 0 Å². The first-order chi connectivity index (χ1) is 6.72. The highest BCUT2D eigenvalue weighted by molar-refractivity contribution is 5.75. The lowest BCUT2D eigenvalue weighted by atomic mass is 10.3. The minimum atomic E-state index is -0.236. The van der Waals surface area contributed by atoms with Crippen LogP contribution in [0.1, 0.15) is 6.42 Å². The first kappa shape index (κ1) is 11.4. The number of piperazine rings is 1. The molecule has 0 atom stereocenters. The molecule has 0 aromatic carbocycles. The van der Waals surface area contributed by atoms with Gasteiger partial charge < -0.3 is 16.4 Å². The van der Waals surface area contributed by atoms with E-state index in [-0.39, 0.29) is 5.91 Å². The van der Waals surface area contributed by atoms with E-state index in [0.717, 1.165) is 45.7 Å². The van der Waals surface area contributed by atoms with E-state index in [4.69, 9.17) is 11.5 Å². The number of hydrogen-bond acceptors (Lipinski definition) is 4. The highest BCUT2D eigenvalue weighted by Crippen LogP contribution is 2.01. The third-order valence-corrected chi connectivity index (χ3v) is 2.52. The van der Waals surface area contributed by atoms with Crippen LogP contribution >= 0.6 is 0 Å². The molecule has 0 aliphatic carbocycles. The largest absolute Gasteiger partial charge is 0.369 e. The van der Waals surface area contributed by atoms with E-state index in [0.29, 0.717) is 6.54 Å². The van der Waals surface area contributed by atoms with Gasteiger partial charge in [-0.15, -0.1) is 0 Å². The Hall–Kier alpha value is -0.650. The van der Waals surface area contributed by atoms with Crippen LogP contribution in [0.15, 0.2) is 0 Å². The van der Waals surface area contributed by atoms with Crippen molar-refractivity contribution in [1.29, 1.82) is 0 Å². The van der Waals surface area contributed by atoms with E-state index in [1.165, 1.54) is 0 Å². The van der Waals surface area contributed by atoms with Crippen molar-refractivity contribution in [3.05, 3.63) is 0 Å². The summed E-state index contributed by atoms with van der Waals surface area (Å²) in [6.07, 6.45) is 1.05. The molecule has 82 valence electrons. The van der Waals surface area contributed by atoms with Gasteiger partial charge in [0.25, 0.3) is 0 Å². The Balaban J connectivity index is 2.14. The second kappa shape index (κ2) is 5.95. The molecule has 1 amide bonds. The highest BCUT2D eigenvalue weighted by atomic mass is 16.1. The summed E-state index contributed by atoms with van der Waals surface area (Å²) in [5, 5.41) is 0. The van der Waals surface area contributed by atoms with Gasteiger partial charge in [-0.3, -0.25) is 9.69 Å². The zero-order chi connectivity index (χ0) is 10.4. The normalized spacial score (nSPS) is 19.8. The van der Waals surface area contributed by atoms with Crippen molar-refractivity contribution in [3.63, 3.8) is 0 Å². The Kier molecular flexibility index (Phi) is 4.86. The molecule has 0 spiro atoms. The van der Waals surface area contributed by atoms with E-state index in [9.17, 15) is 4.79 Å². The summed E-state index contributed by atoms with van der Waals surface area (Å²) in [6.45, 7) is 6.13. The van der Waals surface area contributed by atoms with Crippen LogP contribution in [0.2, 0.25) is 0 Å². The summed E-state index contributed by atoms with van der Waals surface area (Å²) < 4.78 is 0. The number of carbonyl (C=O) groups is 1. The van der Waals surface area contributed by atoms with Crippen LogP contribution in [0.5, 0.6) is 0 Å². The molecule has 14 heavy (non-hydrogen) atoms. The number of carbonyl (C=O) groups excluding carboxylic acids is 1. The molecule has 0 radical (unpaired) electrons. The van der Waals surface area contributed by atoms with Gasteiger partial charge in [0.15, 0.2) is 0 Å². The zero-order valence-electron chi connectivity index (χ0n) is 8.61. The van der Waals surface area contributed by atoms with Gasteiger partial charge in [0.1, 0.15) is 0 Å². The lowest BCUT2D eigenvalue weighted by Crippen LogP contribution is -2.49. The van der Waals surface area contributed by atoms with Gasteiger partial charge in [-0.05, 0) is 19.5 Å². The van der Waals surface area contributed by atoms with Crippen LogP contribution in [0.4, 0.5) is 0 Å². The second-order valence-corrected chi connectivity index (χ2v) is 3.73. The number of primary amides is 1. The number of hydrogen-bond donors (Lipinski definition) is 2. The maximum Gasteiger partial charge on any atom is 0.231 e. The molecule has 4 N–H and O–H groups in total. The first-order valence-electron chi connectivity index (χ1n) is 5.15. The average Bonchev–Trinajstić information content (AvgIpc) is 2.16. The highest BCUT2D eigenvalue weighted by Gasteiger charge is 2.16. The molecular formula is C9H20N4O. The fourth-order valence-electron chi connectivity index (χ4n) is 1.71. The van der Waals surface area contributed by atoms with Gasteiger partial charge in [0.05, 0.1) is 6.54 Å². The van der Waals surface area contributed by atoms with Crippen LogP contribution < -0.4 is 11.5 Å². The van der Waals surface area contributed by atoms with Crippen molar-refractivity contribution in [3.8, 4) is 0 Å². The SMILES string of the molecule is NCCCN1CCN(CC(N)=O)CC1. The van der Waals surface area contributed by atoms with Crippen LogP contribution in [-0.4, -0.2) is 61.5 Å². The monoisotopic (exact) mass is 200 g/mol. The van der Waals surface area contributed by atoms with Crippen molar-refractivity contribution in [2.24, 2.45) is 11.5 Å². The number of rotatable bonds is 5. The summed E-state index contributed by atoms with van der Waals surface area (Å²) in [5.74, 6) is -0.236. The lowest BCUT2D eigenvalue weighted by molar-refractivity contribution is -0.119. The van der Waals surface area contributed by atoms with E-state index in [1.807, 2.05) is 0 Å². The molecule has 1 heterocycles. The predicted molar refractivity (Wildman–Crippen MR) is 55.7 cm³/mol. The number of nitrogens with two attached hydrogens (primary N) is 2. The Morgan fingerprint density at radius 1 is 1.14 bits per heavy atom. The molecule has 1 aliphatic heterocycles. The molecular weight excluding hydrogens is 180 g/mol. The average molecular weight is 200 g/mol. The molecule has 5 nitrogen and oxygen atoms in total.